The van der Waals surface area contributed by atoms with Crippen LogP contribution in [0.5, 0.6) is 0 Å². The van der Waals surface area contributed by atoms with Gasteiger partial charge >= 0.3 is 0 Å². The molecule has 6 nitrogen and oxygen atoms in total. The van der Waals surface area contributed by atoms with E-state index in [2.05, 4.69) is 4.72 Å². The minimum atomic E-state index is -4.09. The average Bonchev–Trinajstić information content (AvgIpc) is 3.18. The number of carbonyl (C=O) groups excluding carboxylic acids is 2. The standard InChI is InChI=1S/C24H30Cl2N2O4S/c25-18-4-3-5-19(26)21(18)33(31,32)28-24(6-1-2-7-24)20(29)10-17-15-8-14-9-16(17)13-23(11-14,12-15)22(27)30/h3-5,14-17,28H,1-2,6-13H2,(H2,27,30). The van der Waals surface area contributed by atoms with Crippen molar-refractivity contribution in [1.82, 2.24) is 4.72 Å². The van der Waals surface area contributed by atoms with Crippen LogP contribution in [0.25, 0.3) is 0 Å². The minimum absolute atomic E-state index is 0.0355. The topological polar surface area (TPSA) is 106 Å². The quantitative estimate of drug-likeness (QED) is 0.561. The number of sulfonamides is 1. The molecule has 6 rings (SSSR count). The number of nitrogens with one attached hydrogen (secondary N) is 1. The van der Waals surface area contributed by atoms with Gasteiger partial charge in [-0.15, -0.1) is 0 Å². The number of primary amides is 1. The van der Waals surface area contributed by atoms with Crippen molar-refractivity contribution in [2.75, 3.05) is 0 Å². The average molecular weight is 513 g/mol. The molecule has 1 amide bonds. The number of amides is 1. The number of Topliss-reactive ketones (excluding diaryl/α,β-unsaturated/α-hetero) is 1. The highest BCUT2D eigenvalue weighted by molar-refractivity contribution is 7.89. The largest absolute Gasteiger partial charge is 0.369 e. The summed E-state index contributed by atoms with van der Waals surface area (Å²) in [5.41, 5.74) is 4.28. The first kappa shape index (κ1) is 23.6. The number of hydrogen-bond donors (Lipinski definition) is 2. The molecule has 180 valence electrons. The summed E-state index contributed by atoms with van der Waals surface area (Å²) >= 11 is 12.3. The molecule has 0 saturated heterocycles. The van der Waals surface area contributed by atoms with Crippen LogP contribution in [-0.4, -0.2) is 25.6 Å². The second-order valence-electron chi connectivity index (χ2n) is 10.9. The molecule has 5 fully saturated rings. The van der Waals surface area contributed by atoms with E-state index in [9.17, 15) is 18.0 Å². The number of carbonyl (C=O) groups is 2. The van der Waals surface area contributed by atoms with E-state index in [1.54, 1.807) is 6.07 Å². The number of nitrogens with two attached hydrogens (primary N) is 1. The lowest BCUT2D eigenvalue weighted by Gasteiger charge is -2.59. The first-order valence-corrected chi connectivity index (χ1v) is 14.1. The van der Waals surface area contributed by atoms with Crippen molar-refractivity contribution >= 4 is 44.9 Å². The van der Waals surface area contributed by atoms with Gasteiger partial charge in [-0.3, -0.25) is 9.59 Å². The summed E-state index contributed by atoms with van der Waals surface area (Å²) in [6.45, 7) is 0. The molecule has 0 aromatic heterocycles. The first-order valence-electron chi connectivity index (χ1n) is 11.9. The van der Waals surface area contributed by atoms with Gasteiger partial charge in [0.15, 0.2) is 5.78 Å². The maximum Gasteiger partial charge on any atom is 0.244 e. The molecule has 0 spiro atoms. The Bertz CT molecular complexity index is 1060. The van der Waals surface area contributed by atoms with Crippen molar-refractivity contribution in [3.05, 3.63) is 28.2 Å². The lowest BCUT2D eigenvalue weighted by atomic mass is 9.45. The molecule has 2 atom stereocenters. The smallest absolute Gasteiger partial charge is 0.244 e. The van der Waals surface area contributed by atoms with Gasteiger partial charge in [0.1, 0.15) is 4.90 Å². The third kappa shape index (κ3) is 3.93. The monoisotopic (exact) mass is 512 g/mol. The zero-order valence-corrected chi connectivity index (χ0v) is 20.8. The Morgan fingerprint density at radius 2 is 1.61 bits per heavy atom. The fourth-order valence-corrected chi connectivity index (χ4v) is 10.2. The fourth-order valence-electron chi connectivity index (χ4n) is 7.64. The second kappa shape index (κ2) is 8.21. The molecule has 3 N–H and O–H groups in total. The number of halogens is 2. The lowest BCUT2D eigenvalue weighted by molar-refractivity contribution is -0.152. The molecule has 2 unspecified atom stereocenters. The van der Waals surface area contributed by atoms with Crippen LogP contribution in [0.3, 0.4) is 0 Å². The molecule has 0 aliphatic heterocycles. The number of hydrogen-bond acceptors (Lipinski definition) is 4. The van der Waals surface area contributed by atoms with Crippen molar-refractivity contribution in [1.29, 1.82) is 0 Å². The van der Waals surface area contributed by atoms with Gasteiger partial charge in [-0.25, -0.2) is 8.42 Å². The Balaban J connectivity index is 1.39. The summed E-state index contributed by atoms with van der Waals surface area (Å²) in [5.74, 6) is 1.08. The van der Waals surface area contributed by atoms with Crippen LogP contribution in [0.2, 0.25) is 10.0 Å². The molecule has 1 aromatic carbocycles. The van der Waals surface area contributed by atoms with Crippen molar-refractivity contribution in [3.8, 4) is 0 Å². The van der Waals surface area contributed by atoms with Gasteiger partial charge in [-0.1, -0.05) is 42.1 Å². The zero-order chi connectivity index (χ0) is 23.6. The van der Waals surface area contributed by atoms with Crippen LogP contribution in [-0.2, 0) is 19.6 Å². The fraction of sp³-hybridized carbons (Fsp3) is 0.667. The Labute approximate surface area is 205 Å². The van der Waals surface area contributed by atoms with E-state index in [-0.39, 0.29) is 32.5 Å². The number of ketones is 1. The molecule has 0 radical (unpaired) electrons. The summed E-state index contributed by atoms with van der Waals surface area (Å²) < 4.78 is 29.4. The molecule has 5 aliphatic rings. The predicted octanol–water partition coefficient (Wildman–Crippen LogP) is 4.47. The van der Waals surface area contributed by atoms with Crippen molar-refractivity contribution in [2.45, 2.75) is 74.6 Å². The normalized spacial score (nSPS) is 34.5. The van der Waals surface area contributed by atoms with Crippen LogP contribution < -0.4 is 10.5 Å². The predicted molar refractivity (Wildman–Crippen MR) is 126 cm³/mol. The van der Waals surface area contributed by atoms with E-state index in [0.29, 0.717) is 37.0 Å². The highest BCUT2D eigenvalue weighted by Crippen LogP contribution is 2.63. The molecular weight excluding hydrogens is 483 g/mol. The zero-order valence-electron chi connectivity index (χ0n) is 18.5. The van der Waals surface area contributed by atoms with Crippen LogP contribution in [0.4, 0.5) is 0 Å². The molecule has 9 heteroatoms. The molecule has 0 heterocycles. The summed E-state index contributed by atoms with van der Waals surface area (Å²) in [6.07, 6.45) is 7.36. The van der Waals surface area contributed by atoms with Gasteiger partial charge in [-0.2, -0.15) is 4.72 Å². The highest BCUT2D eigenvalue weighted by Gasteiger charge is 2.58. The van der Waals surface area contributed by atoms with Gasteiger partial charge in [0, 0.05) is 11.8 Å². The molecule has 5 aliphatic carbocycles. The minimum Gasteiger partial charge on any atom is -0.369 e. The van der Waals surface area contributed by atoms with E-state index in [0.717, 1.165) is 44.9 Å². The van der Waals surface area contributed by atoms with E-state index < -0.39 is 21.0 Å². The van der Waals surface area contributed by atoms with E-state index in [4.69, 9.17) is 28.9 Å². The maximum absolute atomic E-state index is 13.8. The molecule has 33 heavy (non-hydrogen) atoms. The number of rotatable bonds is 7. The van der Waals surface area contributed by atoms with Crippen LogP contribution in [0.15, 0.2) is 23.1 Å². The molecule has 1 aromatic rings. The van der Waals surface area contributed by atoms with E-state index >= 15 is 0 Å². The maximum atomic E-state index is 13.8. The Morgan fingerprint density at radius 3 is 2.15 bits per heavy atom. The Morgan fingerprint density at radius 1 is 1.03 bits per heavy atom. The molecule has 5 saturated carbocycles. The molecule has 4 bridgehead atoms. The molecular formula is C24H30Cl2N2O4S. The number of benzene rings is 1. The van der Waals surface area contributed by atoms with Crippen LogP contribution in [0, 0.1) is 29.1 Å². The lowest BCUT2D eigenvalue weighted by Crippen LogP contribution is -2.58. The first-order chi connectivity index (χ1) is 15.6. The third-order valence-corrected chi connectivity index (χ3v) is 11.4. The Hall–Kier alpha value is -1.15. The van der Waals surface area contributed by atoms with Crippen molar-refractivity contribution in [2.24, 2.45) is 34.8 Å². The van der Waals surface area contributed by atoms with Crippen LogP contribution in [0.1, 0.15) is 64.2 Å². The SMILES string of the molecule is NC(=O)C12CC3CC(C1)C(CC(=O)C1(NS(=O)(=O)c4c(Cl)cccc4Cl)CCCC1)C(C3)C2. The van der Waals surface area contributed by atoms with Gasteiger partial charge in [-0.05, 0) is 80.8 Å². The van der Waals surface area contributed by atoms with Crippen molar-refractivity contribution < 1.29 is 18.0 Å². The van der Waals surface area contributed by atoms with Gasteiger partial charge < -0.3 is 5.73 Å². The van der Waals surface area contributed by atoms with Crippen LogP contribution >= 0.6 is 23.2 Å². The van der Waals surface area contributed by atoms with Gasteiger partial charge in [0.25, 0.3) is 0 Å². The summed E-state index contributed by atoms with van der Waals surface area (Å²) in [4.78, 5) is 25.8. The van der Waals surface area contributed by atoms with E-state index in [1.807, 2.05) is 0 Å². The van der Waals surface area contributed by atoms with Crippen molar-refractivity contribution in [3.63, 3.8) is 0 Å². The second-order valence-corrected chi connectivity index (χ2v) is 13.3. The third-order valence-electron chi connectivity index (χ3n) is 8.92. The summed E-state index contributed by atoms with van der Waals surface area (Å²) in [6, 6.07) is 4.55. The van der Waals surface area contributed by atoms with Gasteiger partial charge in [0.2, 0.25) is 15.9 Å². The highest BCUT2D eigenvalue weighted by atomic mass is 35.5. The van der Waals surface area contributed by atoms with E-state index in [1.165, 1.54) is 12.1 Å². The summed E-state index contributed by atoms with van der Waals surface area (Å²) in [5, 5.41) is 0.0711. The van der Waals surface area contributed by atoms with Gasteiger partial charge in [0.05, 0.1) is 15.6 Å². The summed E-state index contributed by atoms with van der Waals surface area (Å²) in [7, 11) is -4.09. The Kier molecular flexibility index (Phi) is 5.87.